The molecule has 8 nitrogen and oxygen atoms in total. The molecule has 0 spiro atoms. The molecule has 8 bridgehead atoms. The molecule has 0 radical (unpaired) electrons. The van der Waals surface area contributed by atoms with Crippen LogP contribution in [0.2, 0.25) is 0 Å². The number of benzene rings is 4. The first-order chi connectivity index (χ1) is 33.3. The summed E-state index contributed by atoms with van der Waals surface area (Å²) < 4.78 is 0. The molecule has 7 aromatic rings. The van der Waals surface area contributed by atoms with Crippen molar-refractivity contribution in [3.8, 4) is 44.5 Å². The number of nitrogens with zero attached hydrogens (tertiary/aromatic N) is 6. The van der Waals surface area contributed by atoms with Gasteiger partial charge >= 0.3 is 0 Å². The van der Waals surface area contributed by atoms with Gasteiger partial charge in [0.15, 0.2) is 0 Å². The Morgan fingerprint density at radius 3 is 0.647 bits per heavy atom. The van der Waals surface area contributed by atoms with Crippen LogP contribution in [0.15, 0.2) is 121 Å². The fraction of sp³-hybridized carbons (Fsp3) is 0.267. The second-order valence-corrected chi connectivity index (χ2v) is 17.4. The lowest BCUT2D eigenvalue weighted by atomic mass is 10.0. The van der Waals surface area contributed by atoms with E-state index in [9.17, 15) is 0 Å². The Kier molecular flexibility index (Phi) is 13.7. The maximum absolute atomic E-state index is 5.58. The molecule has 0 saturated carbocycles. The molecule has 0 aliphatic carbocycles. The van der Waals surface area contributed by atoms with E-state index in [0.29, 0.717) is 0 Å². The number of nitrogens with one attached hydrogen (secondary N) is 2. The highest BCUT2D eigenvalue weighted by Crippen LogP contribution is 2.40. The molecular formula is C60H66N8. The zero-order valence-electron chi connectivity index (χ0n) is 41.2. The van der Waals surface area contributed by atoms with Crippen molar-refractivity contribution >= 4 is 69.1 Å². The Bertz CT molecular complexity index is 2670. The summed E-state index contributed by atoms with van der Waals surface area (Å²) in [6, 6.07) is 44.8. The molecule has 0 amide bonds. The zero-order valence-corrected chi connectivity index (χ0v) is 41.2. The highest BCUT2D eigenvalue weighted by atomic mass is 15.1. The number of aromatic nitrogens is 4. The molecule has 2 N–H and O–H groups in total. The predicted octanol–water partition coefficient (Wildman–Crippen LogP) is 14.7. The van der Waals surface area contributed by atoms with Crippen LogP contribution < -0.4 is 19.6 Å². The average molecular weight is 899 g/mol. The summed E-state index contributed by atoms with van der Waals surface area (Å²) in [4.78, 5) is 28.6. The van der Waals surface area contributed by atoms with Crippen molar-refractivity contribution in [2.45, 2.75) is 55.4 Å². The zero-order chi connectivity index (χ0) is 47.3. The minimum absolute atomic E-state index is 0.902. The summed E-state index contributed by atoms with van der Waals surface area (Å²) in [7, 11) is 0. The van der Waals surface area contributed by atoms with E-state index in [1.165, 1.54) is 22.7 Å². The normalized spacial score (nSPS) is 11.9. The SMILES string of the molecule is CCN(CC)c1ccc(-c2c3nc(c(-c4ccc(N(CC)CC)cc4)c4ccc([nH]4)c(-c4ccc(N(CC)CC)cc4)c4nc(c(-c5ccc(N(CC)CC)cc5)c5ccc2[nH]5)C=C4)C=C3)cc1. The fourth-order valence-electron chi connectivity index (χ4n) is 10.1. The van der Waals surface area contributed by atoms with Gasteiger partial charge in [-0.2, -0.15) is 0 Å². The van der Waals surface area contributed by atoms with E-state index in [4.69, 9.17) is 9.97 Å². The molecule has 2 aliphatic rings. The third-order valence-corrected chi connectivity index (χ3v) is 13.9. The second kappa shape index (κ2) is 20.3. The highest BCUT2D eigenvalue weighted by molar-refractivity contribution is 6.00. The smallest absolute Gasteiger partial charge is 0.0737 e. The molecule has 0 fully saturated rings. The van der Waals surface area contributed by atoms with Crippen molar-refractivity contribution in [1.29, 1.82) is 0 Å². The van der Waals surface area contributed by atoms with Gasteiger partial charge in [-0.3, -0.25) is 0 Å². The summed E-state index contributed by atoms with van der Waals surface area (Å²) in [5.41, 5.74) is 21.0. The topological polar surface area (TPSA) is 70.3 Å². The number of hydrogen-bond donors (Lipinski definition) is 2. The van der Waals surface area contributed by atoms with Crippen LogP contribution in [0.5, 0.6) is 0 Å². The first-order valence-corrected chi connectivity index (χ1v) is 24.9. The highest BCUT2D eigenvalue weighted by Gasteiger charge is 2.20. The van der Waals surface area contributed by atoms with Crippen molar-refractivity contribution in [2.24, 2.45) is 0 Å². The van der Waals surface area contributed by atoms with Crippen LogP contribution >= 0.6 is 0 Å². The van der Waals surface area contributed by atoms with Gasteiger partial charge in [-0.15, -0.1) is 0 Å². The lowest BCUT2D eigenvalue weighted by Crippen LogP contribution is -2.21. The summed E-state index contributed by atoms with van der Waals surface area (Å²) in [5, 5.41) is 0. The van der Waals surface area contributed by atoms with Crippen molar-refractivity contribution in [2.75, 3.05) is 72.0 Å². The van der Waals surface area contributed by atoms with Gasteiger partial charge in [-0.05, 0) is 175 Å². The fourth-order valence-corrected chi connectivity index (χ4v) is 10.1. The van der Waals surface area contributed by atoms with E-state index in [1.54, 1.807) is 0 Å². The third-order valence-electron chi connectivity index (χ3n) is 13.9. The molecular weight excluding hydrogens is 833 g/mol. The quantitative estimate of drug-likeness (QED) is 0.101. The summed E-state index contributed by atoms with van der Waals surface area (Å²) in [5.74, 6) is 0. The van der Waals surface area contributed by atoms with Gasteiger partial charge in [0.1, 0.15) is 0 Å². The Morgan fingerprint density at radius 1 is 0.279 bits per heavy atom. The van der Waals surface area contributed by atoms with E-state index in [0.717, 1.165) is 142 Å². The van der Waals surface area contributed by atoms with Gasteiger partial charge in [0, 0.05) is 119 Å². The van der Waals surface area contributed by atoms with Crippen molar-refractivity contribution in [3.63, 3.8) is 0 Å². The number of hydrogen-bond acceptors (Lipinski definition) is 6. The maximum Gasteiger partial charge on any atom is 0.0737 e. The first kappa shape index (κ1) is 45.8. The Labute approximate surface area is 403 Å². The maximum atomic E-state index is 5.58. The van der Waals surface area contributed by atoms with Crippen LogP contribution in [0, 0.1) is 0 Å². The minimum atomic E-state index is 0.902. The molecule has 4 aromatic carbocycles. The molecule has 0 unspecified atom stereocenters. The first-order valence-electron chi connectivity index (χ1n) is 24.9. The molecule has 0 atom stereocenters. The van der Waals surface area contributed by atoms with Crippen LogP contribution in [0.25, 0.3) is 90.9 Å². The van der Waals surface area contributed by atoms with Crippen LogP contribution in [0.3, 0.4) is 0 Å². The molecule has 68 heavy (non-hydrogen) atoms. The minimum Gasteiger partial charge on any atom is -0.372 e. The van der Waals surface area contributed by atoms with Gasteiger partial charge < -0.3 is 29.6 Å². The standard InChI is InChI=1S/C60H66N8/c1-9-65(10-2)45-25-17-41(18-26-45)57-49-33-35-51(61-49)58(42-19-27-46(28-20-42)66(11-3)12-4)53-37-39-55(63-53)60(44-23-31-48(32-24-44)68(15-7)16-8)56-40-38-54(64-56)59(52-36-34-50(57)62-52)43-21-29-47(30-22-43)67(13-5)14-6/h17-40,61,64H,9-16H2,1-8H3. The van der Waals surface area contributed by atoms with Crippen LogP contribution in [-0.2, 0) is 0 Å². The van der Waals surface area contributed by atoms with Crippen molar-refractivity contribution < 1.29 is 0 Å². The lowest BCUT2D eigenvalue weighted by Gasteiger charge is -2.21. The number of aromatic amines is 2. The van der Waals surface area contributed by atoms with Crippen molar-refractivity contribution in [3.05, 3.63) is 144 Å². The van der Waals surface area contributed by atoms with Gasteiger partial charge in [0.25, 0.3) is 0 Å². The molecule has 3 aromatic heterocycles. The van der Waals surface area contributed by atoms with Crippen LogP contribution in [-0.4, -0.2) is 72.3 Å². The van der Waals surface area contributed by atoms with Gasteiger partial charge in [-0.1, -0.05) is 48.5 Å². The number of anilines is 4. The largest absolute Gasteiger partial charge is 0.372 e. The Balaban J connectivity index is 1.38. The molecule has 9 rings (SSSR count). The number of fused-ring (bicyclic) bond motifs is 8. The monoisotopic (exact) mass is 899 g/mol. The van der Waals surface area contributed by atoms with E-state index in [1.807, 2.05) is 0 Å². The Hall–Kier alpha value is -7.32. The van der Waals surface area contributed by atoms with E-state index in [2.05, 4.69) is 231 Å². The summed E-state index contributed by atoms with van der Waals surface area (Å²) in [6.07, 6.45) is 8.75. The second-order valence-electron chi connectivity index (χ2n) is 17.4. The van der Waals surface area contributed by atoms with Gasteiger partial charge in [0.2, 0.25) is 0 Å². The van der Waals surface area contributed by atoms with E-state index >= 15 is 0 Å². The van der Waals surface area contributed by atoms with E-state index in [-0.39, 0.29) is 0 Å². The van der Waals surface area contributed by atoms with Crippen molar-refractivity contribution in [1.82, 2.24) is 19.9 Å². The molecule has 346 valence electrons. The summed E-state index contributed by atoms with van der Waals surface area (Å²) in [6.45, 7) is 25.3. The summed E-state index contributed by atoms with van der Waals surface area (Å²) >= 11 is 0. The predicted molar refractivity (Wildman–Crippen MR) is 295 cm³/mol. The third kappa shape index (κ3) is 8.83. The lowest BCUT2D eigenvalue weighted by molar-refractivity contribution is 0.866. The van der Waals surface area contributed by atoms with Crippen LogP contribution in [0.1, 0.15) is 78.2 Å². The molecule has 2 aliphatic heterocycles. The molecule has 8 heteroatoms. The Morgan fingerprint density at radius 2 is 0.471 bits per heavy atom. The van der Waals surface area contributed by atoms with Gasteiger partial charge in [-0.25, -0.2) is 9.97 Å². The molecule has 5 heterocycles. The number of H-pyrrole nitrogens is 2. The molecule has 0 saturated heterocycles. The average Bonchev–Trinajstić information content (AvgIpc) is 4.24. The van der Waals surface area contributed by atoms with E-state index < -0.39 is 0 Å². The number of rotatable bonds is 16. The van der Waals surface area contributed by atoms with Crippen LogP contribution in [0.4, 0.5) is 22.7 Å². The van der Waals surface area contributed by atoms with Gasteiger partial charge in [0.05, 0.1) is 22.8 Å².